The molecule has 1 heterocycles. The van der Waals surface area contributed by atoms with Crippen molar-refractivity contribution in [2.24, 2.45) is 0 Å². The highest BCUT2D eigenvalue weighted by atomic mass is 19.1. The maximum Gasteiger partial charge on any atom is 0.255 e. The molecule has 0 saturated heterocycles. The lowest BCUT2D eigenvalue weighted by atomic mass is 10.2. The van der Waals surface area contributed by atoms with E-state index in [9.17, 15) is 9.18 Å². The van der Waals surface area contributed by atoms with Crippen LogP contribution in [0.4, 0.5) is 15.8 Å². The second-order valence-corrected chi connectivity index (χ2v) is 5.71. The number of halogens is 1. The third-order valence-corrected chi connectivity index (χ3v) is 3.75. The first kappa shape index (κ1) is 16.6. The maximum atomic E-state index is 13.7. The summed E-state index contributed by atoms with van der Waals surface area (Å²) in [5.74, 6) is -0.506. The molecule has 0 aliphatic carbocycles. The van der Waals surface area contributed by atoms with E-state index in [1.807, 2.05) is 30.3 Å². The minimum absolute atomic E-state index is 0.145. The number of hydrogen-bond acceptors (Lipinski definition) is 3. The standard InChI is InChI=1S/C20H18FN3O/c1-24(14-15-7-3-2-4-8-15)20(25)16-11-17(13-22-12-16)23-19-10-6-5-9-18(19)21/h2-13,23H,14H2,1H3. The van der Waals surface area contributed by atoms with Crippen LogP contribution in [0.3, 0.4) is 0 Å². The summed E-state index contributed by atoms with van der Waals surface area (Å²) >= 11 is 0. The lowest BCUT2D eigenvalue weighted by Crippen LogP contribution is -2.26. The second kappa shape index (κ2) is 7.57. The van der Waals surface area contributed by atoms with Gasteiger partial charge in [-0.25, -0.2) is 4.39 Å². The summed E-state index contributed by atoms with van der Waals surface area (Å²) in [5.41, 5.74) is 2.39. The summed E-state index contributed by atoms with van der Waals surface area (Å²) in [5, 5.41) is 2.95. The van der Waals surface area contributed by atoms with E-state index >= 15 is 0 Å². The van der Waals surface area contributed by atoms with Crippen molar-refractivity contribution in [3.63, 3.8) is 0 Å². The normalized spacial score (nSPS) is 10.3. The molecule has 0 bridgehead atoms. The zero-order valence-electron chi connectivity index (χ0n) is 13.8. The zero-order valence-corrected chi connectivity index (χ0v) is 13.8. The Balaban J connectivity index is 1.74. The van der Waals surface area contributed by atoms with Crippen molar-refractivity contribution in [3.05, 3.63) is 90.0 Å². The Labute approximate surface area is 145 Å². The molecule has 0 spiro atoms. The summed E-state index contributed by atoms with van der Waals surface area (Å²) in [4.78, 5) is 18.3. The molecule has 3 rings (SSSR count). The first-order valence-electron chi connectivity index (χ1n) is 7.89. The number of benzene rings is 2. The van der Waals surface area contributed by atoms with E-state index in [0.29, 0.717) is 23.5 Å². The van der Waals surface area contributed by atoms with Crippen LogP contribution in [0.25, 0.3) is 0 Å². The van der Waals surface area contributed by atoms with Crippen molar-refractivity contribution in [1.82, 2.24) is 9.88 Å². The second-order valence-electron chi connectivity index (χ2n) is 5.71. The number of nitrogens with zero attached hydrogens (tertiary/aromatic N) is 2. The Bertz CT molecular complexity index is 868. The molecule has 25 heavy (non-hydrogen) atoms. The quantitative estimate of drug-likeness (QED) is 0.759. The number of anilines is 2. The molecular formula is C20H18FN3O. The fourth-order valence-electron chi connectivity index (χ4n) is 2.49. The van der Waals surface area contributed by atoms with Crippen molar-refractivity contribution in [1.29, 1.82) is 0 Å². The van der Waals surface area contributed by atoms with Gasteiger partial charge in [0.1, 0.15) is 5.82 Å². The van der Waals surface area contributed by atoms with Crippen LogP contribution in [0.1, 0.15) is 15.9 Å². The van der Waals surface area contributed by atoms with Gasteiger partial charge in [0.2, 0.25) is 0 Å². The SMILES string of the molecule is CN(Cc1ccccc1)C(=O)c1cncc(Nc2ccccc2F)c1. The van der Waals surface area contributed by atoms with Gasteiger partial charge in [0.15, 0.2) is 0 Å². The van der Waals surface area contributed by atoms with Gasteiger partial charge in [-0.05, 0) is 23.8 Å². The Morgan fingerprint density at radius 1 is 1.08 bits per heavy atom. The Hall–Kier alpha value is -3.21. The van der Waals surface area contributed by atoms with Crippen LogP contribution >= 0.6 is 0 Å². The molecular weight excluding hydrogens is 317 g/mol. The van der Waals surface area contributed by atoms with Crippen molar-refractivity contribution >= 4 is 17.3 Å². The van der Waals surface area contributed by atoms with Gasteiger partial charge in [0.25, 0.3) is 5.91 Å². The third-order valence-electron chi connectivity index (χ3n) is 3.75. The molecule has 0 atom stereocenters. The number of aromatic nitrogens is 1. The minimum atomic E-state index is -0.361. The number of pyridine rings is 1. The Morgan fingerprint density at radius 3 is 2.56 bits per heavy atom. The molecule has 1 aromatic heterocycles. The number of nitrogens with one attached hydrogen (secondary N) is 1. The fourth-order valence-corrected chi connectivity index (χ4v) is 2.49. The van der Waals surface area contributed by atoms with Gasteiger partial charge in [-0.1, -0.05) is 42.5 Å². The van der Waals surface area contributed by atoms with Crippen LogP contribution in [-0.4, -0.2) is 22.8 Å². The topological polar surface area (TPSA) is 45.2 Å². The molecule has 5 heteroatoms. The van der Waals surface area contributed by atoms with Gasteiger partial charge in [0, 0.05) is 19.8 Å². The first-order valence-corrected chi connectivity index (χ1v) is 7.89. The van der Waals surface area contributed by atoms with Crippen LogP contribution in [0.5, 0.6) is 0 Å². The molecule has 0 unspecified atom stereocenters. The predicted molar refractivity (Wildman–Crippen MR) is 96.2 cm³/mol. The summed E-state index contributed by atoms with van der Waals surface area (Å²) < 4.78 is 13.7. The molecule has 4 nitrogen and oxygen atoms in total. The molecule has 1 amide bonds. The molecule has 3 aromatic rings. The van der Waals surface area contributed by atoms with Gasteiger partial charge in [-0.2, -0.15) is 0 Å². The molecule has 0 fully saturated rings. The fraction of sp³-hybridized carbons (Fsp3) is 0.100. The van der Waals surface area contributed by atoms with E-state index in [2.05, 4.69) is 10.3 Å². The highest BCUT2D eigenvalue weighted by Crippen LogP contribution is 2.20. The van der Waals surface area contributed by atoms with Gasteiger partial charge in [-0.3, -0.25) is 9.78 Å². The highest BCUT2D eigenvalue weighted by molar-refractivity contribution is 5.94. The number of para-hydroxylation sites is 1. The van der Waals surface area contributed by atoms with Gasteiger partial charge < -0.3 is 10.2 Å². The maximum absolute atomic E-state index is 13.7. The Morgan fingerprint density at radius 2 is 1.80 bits per heavy atom. The highest BCUT2D eigenvalue weighted by Gasteiger charge is 2.13. The summed E-state index contributed by atoms with van der Waals surface area (Å²) in [6.07, 6.45) is 3.07. The summed E-state index contributed by atoms with van der Waals surface area (Å²) in [6.45, 7) is 0.505. The van der Waals surface area contributed by atoms with E-state index in [0.717, 1.165) is 5.56 Å². The molecule has 0 aliphatic heterocycles. The Kier molecular flexibility index (Phi) is 5.04. The van der Waals surface area contributed by atoms with Crippen molar-refractivity contribution in [2.45, 2.75) is 6.54 Å². The largest absolute Gasteiger partial charge is 0.352 e. The summed E-state index contributed by atoms with van der Waals surface area (Å²) in [6, 6.07) is 17.8. The average molecular weight is 335 g/mol. The molecule has 0 aliphatic rings. The smallest absolute Gasteiger partial charge is 0.255 e. The average Bonchev–Trinajstić information content (AvgIpc) is 2.64. The third kappa shape index (κ3) is 4.20. The predicted octanol–water partition coefficient (Wildman–Crippen LogP) is 4.24. The first-order chi connectivity index (χ1) is 12.1. The number of carbonyl (C=O) groups is 1. The van der Waals surface area contributed by atoms with Crippen LogP contribution in [-0.2, 0) is 6.54 Å². The summed E-state index contributed by atoms with van der Waals surface area (Å²) in [7, 11) is 1.74. The van der Waals surface area contributed by atoms with Crippen LogP contribution in [0.15, 0.2) is 73.1 Å². The van der Waals surface area contributed by atoms with Crippen LogP contribution in [0, 0.1) is 5.82 Å². The van der Waals surface area contributed by atoms with Crippen molar-refractivity contribution < 1.29 is 9.18 Å². The minimum Gasteiger partial charge on any atom is -0.352 e. The number of rotatable bonds is 5. The van der Waals surface area contributed by atoms with E-state index in [-0.39, 0.29) is 11.7 Å². The lowest BCUT2D eigenvalue weighted by molar-refractivity contribution is 0.0784. The number of amides is 1. The van der Waals surface area contributed by atoms with E-state index < -0.39 is 0 Å². The molecule has 0 saturated carbocycles. The van der Waals surface area contributed by atoms with Crippen molar-refractivity contribution in [3.8, 4) is 0 Å². The molecule has 2 aromatic carbocycles. The lowest BCUT2D eigenvalue weighted by Gasteiger charge is -2.17. The van der Waals surface area contributed by atoms with Gasteiger partial charge in [0.05, 0.1) is 23.1 Å². The van der Waals surface area contributed by atoms with E-state index in [1.165, 1.54) is 12.3 Å². The zero-order chi connectivity index (χ0) is 17.6. The van der Waals surface area contributed by atoms with Gasteiger partial charge in [-0.15, -0.1) is 0 Å². The molecule has 0 radical (unpaired) electrons. The molecule has 126 valence electrons. The molecule has 1 N–H and O–H groups in total. The van der Waals surface area contributed by atoms with Gasteiger partial charge >= 0.3 is 0 Å². The number of carbonyl (C=O) groups excluding carboxylic acids is 1. The van der Waals surface area contributed by atoms with E-state index in [1.54, 1.807) is 42.4 Å². The monoisotopic (exact) mass is 335 g/mol. The van der Waals surface area contributed by atoms with Crippen molar-refractivity contribution in [2.75, 3.05) is 12.4 Å². The van der Waals surface area contributed by atoms with E-state index in [4.69, 9.17) is 0 Å². The number of hydrogen-bond donors (Lipinski definition) is 1. The van der Waals surface area contributed by atoms with Crippen LogP contribution < -0.4 is 5.32 Å². The van der Waals surface area contributed by atoms with Crippen LogP contribution in [0.2, 0.25) is 0 Å².